The Bertz CT molecular complexity index is 218. The molecule has 0 unspecified atom stereocenters. The lowest BCUT2D eigenvalue weighted by Gasteiger charge is -2.24. The number of unbranched alkanes of at least 4 members (excludes halogenated alkanes) is 2. The Balaban J connectivity index is 0.000000325. The van der Waals surface area contributed by atoms with E-state index in [1.807, 2.05) is 6.92 Å². The van der Waals surface area contributed by atoms with E-state index in [1.165, 1.54) is 24.2 Å². The molecule has 94 valence electrons. The molecule has 1 N–H and O–H groups in total. The molecule has 0 aliphatic carbocycles. The highest BCUT2D eigenvalue weighted by atomic mass is 35.5. The van der Waals surface area contributed by atoms with Gasteiger partial charge in [0.1, 0.15) is 0 Å². The number of likely N-dealkylation sites (N-methyl/N-ethyl adjacent to an activating group) is 1. The van der Waals surface area contributed by atoms with Crippen LogP contribution in [0.4, 0.5) is 0 Å². The van der Waals surface area contributed by atoms with E-state index in [2.05, 4.69) is 12.2 Å². The molecular weight excluding hydrogens is 228 g/mol. The number of carbonyl (C=O) groups excluding carboxylic acids is 2. The first kappa shape index (κ1) is 15.2. The number of carbonyl (C=O) groups is 2. The summed E-state index contributed by atoms with van der Waals surface area (Å²) in [5, 5.41) is 2.47. The van der Waals surface area contributed by atoms with E-state index >= 15 is 0 Å². The Hall–Kier alpha value is -0.770. The predicted molar refractivity (Wildman–Crippen MR) is 65.5 cm³/mol. The number of piperazine rings is 1. The molecule has 5 heteroatoms. The molecule has 1 heterocycles. The van der Waals surface area contributed by atoms with Crippen LogP contribution < -0.4 is 5.32 Å². The quantitative estimate of drug-likeness (QED) is 0.464. The fourth-order valence-electron chi connectivity index (χ4n) is 1.27. The summed E-state index contributed by atoms with van der Waals surface area (Å²) in [6.07, 6.45) is 3.73. The molecule has 0 aromatic carbocycles. The monoisotopic (exact) mass is 248 g/mol. The van der Waals surface area contributed by atoms with Gasteiger partial charge in [-0.25, -0.2) is 0 Å². The zero-order valence-electron chi connectivity index (χ0n) is 10.1. The van der Waals surface area contributed by atoms with Crippen molar-refractivity contribution in [1.82, 2.24) is 10.2 Å². The third-order valence-corrected chi connectivity index (χ3v) is 2.53. The second-order valence-corrected chi connectivity index (χ2v) is 3.91. The molecule has 0 spiro atoms. The van der Waals surface area contributed by atoms with Crippen LogP contribution in [-0.2, 0) is 9.59 Å². The van der Waals surface area contributed by atoms with Crippen LogP contribution in [0.3, 0.4) is 0 Å². The van der Waals surface area contributed by atoms with Gasteiger partial charge in [0.2, 0.25) is 0 Å². The summed E-state index contributed by atoms with van der Waals surface area (Å²) in [5.74, 6) is -0.0600. The largest absolute Gasteiger partial charge is 0.346 e. The SMILES string of the molecule is CCCCCCl.CCN1CCNC(=O)C1=O. The summed E-state index contributed by atoms with van der Waals surface area (Å²) < 4.78 is 0. The lowest BCUT2D eigenvalue weighted by molar-refractivity contribution is -0.147. The van der Waals surface area contributed by atoms with Crippen LogP contribution >= 0.6 is 11.6 Å². The Morgan fingerprint density at radius 3 is 2.38 bits per heavy atom. The Morgan fingerprint density at radius 1 is 1.31 bits per heavy atom. The molecule has 0 radical (unpaired) electrons. The number of hydrogen-bond donors (Lipinski definition) is 1. The minimum Gasteiger partial charge on any atom is -0.346 e. The number of halogens is 1. The highest BCUT2D eigenvalue weighted by Gasteiger charge is 2.23. The molecule has 1 saturated heterocycles. The van der Waals surface area contributed by atoms with Crippen molar-refractivity contribution in [1.29, 1.82) is 0 Å². The Kier molecular flexibility index (Phi) is 9.00. The third kappa shape index (κ3) is 5.95. The van der Waals surface area contributed by atoms with Crippen molar-refractivity contribution in [2.75, 3.05) is 25.5 Å². The molecule has 0 atom stereocenters. The van der Waals surface area contributed by atoms with Crippen molar-refractivity contribution in [2.45, 2.75) is 33.1 Å². The van der Waals surface area contributed by atoms with E-state index in [4.69, 9.17) is 11.6 Å². The molecule has 16 heavy (non-hydrogen) atoms. The van der Waals surface area contributed by atoms with Crippen LogP contribution in [0.1, 0.15) is 33.1 Å². The molecule has 1 aliphatic heterocycles. The standard InChI is InChI=1S/C6H10N2O2.C5H11Cl/c1-2-8-4-3-7-5(9)6(8)10;1-2-3-4-5-6/h2-4H2,1H3,(H,7,9);2-5H2,1H3. The Labute approximate surface area is 102 Å². The summed E-state index contributed by atoms with van der Waals surface area (Å²) in [6, 6.07) is 0. The normalized spacial score (nSPS) is 15.3. The van der Waals surface area contributed by atoms with Crippen molar-refractivity contribution in [3.8, 4) is 0 Å². The van der Waals surface area contributed by atoms with E-state index < -0.39 is 11.8 Å². The van der Waals surface area contributed by atoms with E-state index in [0.717, 1.165) is 5.88 Å². The number of nitrogens with zero attached hydrogens (tertiary/aromatic N) is 1. The summed E-state index contributed by atoms with van der Waals surface area (Å²) in [4.78, 5) is 23.1. The minimum absolute atomic E-state index is 0.409. The van der Waals surface area contributed by atoms with Gasteiger partial charge in [0.15, 0.2) is 0 Å². The average Bonchev–Trinajstić information content (AvgIpc) is 2.31. The van der Waals surface area contributed by atoms with Crippen LogP contribution in [0.25, 0.3) is 0 Å². The van der Waals surface area contributed by atoms with E-state index in [0.29, 0.717) is 19.6 Å². The summed E-state index contributed by atoms with van der Waals surface area (Å²) >= 11 is 5.38. The van der Waals surface area contributed by atoms with Crippen molar-refractivity contribution in [3.05, 3.63) is 0 Å². The number of nitrogens with one attached hydrogen (secondary N) is 1. The fourth-order valence-corrected chi connectivity index (χ4v) is 1.46. The first-order valence-electron chi connectivity index (χ1n) is 5.80. The van der Waals surface area contributed by atoms with E-state index in [9.17, 15) is 9.59 Å². The van der Waals surface area contributed by atoms with Gasteiger partial charge in [-0.15, -0.1) is 11.6 Å². The summed E-state index contributed by atoms with van der Waals surface area (Å²) in [6.45, 7) is 5.87. The van der Waals surface area contributed by atoms with Crippen molar-refractivity contribution >= 4 is 23.4 Å². The van der Waals surface area contributed by atoms with Crippen molar-refractivity contribution in [2.24, 2.45) is 0 Å². The minimum atomic E-state index is -0.479. The fraction of sp³-hybridized carbons (Fsp3) is 0.818. The van der Waals surface area contributed by atoms with Crippen LogP contribution in [-0.4, -0.2) is 42.2 Å². The zero-order chi connectivity index (χ0) is 12.4. The van der Waals surface area contributed by atoms with Gasteiger partial charge in [-0.3, -0.25) is 9.59 Å². The number of alkyl halides is 1. The molecule has 1 aliphatic rings. The number of rotatable bonds is 4. The van der Waals surface area contributed by atoms with Gasteiger partial charge < -0.3 is 10.2 Å². The highest BCUT2D eigenvalue weighted by Crippen LogP contribution is 1.94. The van der Waals surface area contributed by atoms with Gasteiger partial charge in [0, 0.05) is 25.5 Å². The Morgan fingerprint density at radius 2 is 2.00 bits per heavy atom. The topological polar surface area (TPSA) is 49.4 Å². The molecule has 1 fully saturated rings. The molecule has 4 nitrogen and oxygen atoms in total. The maximum absolute atomic E-state index is 10.9. The molecule has 2 amide bonds. The second kappa shape index (κ2) is 9.46. The highest BCUT2D eigenvalue weighted by molar-refractivity contribution is 6.35. The predicted octanol–water partition coefficient (Wildman–Crippen LogP) is 1.38. The van der Waals surface area contributed by atoms with Crippen LogP contribution in [0, 0.1) is 0 Å². The van der Waals surface area contributed by atoms with Crippen molar-refractivity contribution < 1.29 is 9.59 Å². The smallest absolute Gasteiger partial charge is 0.311 e. The molecule has 0 aromatic heterocycles. The average molecular weight is 249 g/mol. The van der Waals surface area contributed by atoms with Gasteiger partial charge in [0.25, 0.3) is 0 Å². The molecule has 0 saturated carbocycles. The van der Waals surface area contributed by atoms with Crippen LogP contribution in [0.2, 0.25) is 0 Å². The third-order valence-electron chi connectivity index (χ3n) is 2.27. The number of amides is 2. The first-order valence-corrected chi connectivity index (χ1v) is 6.33. The van der Waals surface area contributed by atoms with E-state index in [1.54, 1.807) is 0 Å². The summed E-state index contributed by atoms with van der Waals surface area (Å²) in [7, 11) is 0. The van der Waals surface area contributed by atoms with Crippen LogP contribution in [0.5, 0.6) is 0 Å². The lowest BCUT2D eigenvalue weighted by atomic mass is 10.3. The molecule has 1 rings (SSSR count). The first-order chi connectivity index (χ1) is 7.67. The van der Waals surface area contributed by atoms with Gasteiger partial charge in [0.05, 0.1) is 0 Å². The van der Waals surface area contributed by atoms with Crippen LogP contribution in [0.15, 0.2) is 0 Å². The molecule has 0 bridgehead atoms. The number of hydrogen-bond acceptors (Lipinski definition) is 2. The second-order valence-electron chi connectivity index (χ2n) is 3.54. The zero-order valence-corrected chi connectivity index (χ0v) is 10.8. The molecular formula is C11H21ClN2O2. The van der Waals surface area contributed by atoms with Gasteiger partial charge in [-0.2, -0.15) is 0 Å². The molecule has 0 aromatic rings. The van der Waals surface area contributed by atoms with Crippen molar-refractivity contribution in [3.63, 3.8) is 0 Å². The van der Waals surface area contributed by atoms with Gasteiger partial charge in [-0.05, 0) is 13.3 Å². The lowest BCUT2D eigenvalue weighted by Crippen LogP contribution is -2.51. The van der Waals surface area contributed by atoms with Gasteiger partial charge in [-0.1, -0.05) is 19.8 Å². The maximum atomic E-state index is 10.9. The van der Waals surface area contributed by atoms with E-state index in [-0.39, 0.29) is 0 Å². The van der Waals surface area contributed by atoms with Gasteiger partial charge >= 0.3 is 11.8 Å². The maximum Gasteiger partial charge on any atom is 0.311 e. The summed E-state index contributed by atoms with van der Waals surface area (Å²) in [5.41, 5.74) is 0.